The fourth-order valence-electron chi connectivity index (χ4n) is 1.43. The normalized spacial score (nSPS) is 10.1. The summed E-state index contributed by atoms with van der Waals surface area (Å²) in [5.74, 6) is 1.15. The Labute approximate surface area is 124 Å². The van der Waals surface area contributed by atoms with Gasteiger partial charge in [-0.3, -0.25) is 0 Å². The van der Waals surface area contributed by atoms with E-state index in [1.807, 2.05) is 24.3 Å². The van der Waals surface area contributed by atoms with Gasteiger partial charge in [0.2, 0.25) is 0 Å². The minimum absolute atomic E-state index is 0.276. The highest BCUT2D eigenvalue weighted by Gasteiger charge is 2.09. The summed E-state index contributed by atoms with van der Waals surface area (Å²) in [6.45, 7) is 0. The first-order valence-electron chi connectivity index (χ1n) is 5.09. The van der Waals surface area contributed by atoms with E-state index in [1.54, 1.807) is 18.2 Å². The van der Waals surface area contributed by atoms with Crippen LogP contribution < -0.4 is 10.5 Å². The van der Waals surface area contributed by atoms with Crippen molar-refractivity contribution in [1.29, 1.82) is 0 Å². The Bertz CT molecular complexity index is 603. The molecule has 0 unspecified atom stereocenters. The molecule has 0 spiro atoms. The molecule has 2 nitrogen and oxygen atoms in total. The molecule has 0 fully saturated rings. The summed E-state index contributed by atoms with van der Waals surface area (Å²) in [5, 5.41) is 0.536. The molecule has 0 aliphatic carbocycles. The monoisotopic (exact) mass is 341 g/mol. The van der Waals surface area contributed by atoms with Crippen LogP contribution in [0.15, 0.2) is 46.9 Å². The van der Waals surface area contributed by atoms with Crippen molar-refractivity contribution in [3.05, 3.63) is 57.5 Å². The molecule has 2 N–H and O–H groups in total. The molecule has 0 saturated heterocycles. The highest BCUT2D eigenvalue weighted by Crippen LogP contribution is 2.32. The van der Waals surface area contributed by atoms with E-state index in [2.05, 4.69) is 15.9 Å². The van der Waals surface area contributed by atoms with Crippen LogP contribution in [0, 0.1) is 0 Å². The summed E-state index contributed by atoms with van der Waals surface area (Å²) >= 11 is 14.4. The lowest BCUT2D eigenvalue weighted by Crippen LogP contribution is -2.10. The maximum absolute atomic E-state index is 6.04. The highest BCUT2D eigenvalue weighted by molar-refractivity contribution is 9.10. The van der Waals surface area contributed by atoms with Gasteiger partial charge in [-0.05, 0) is 30.3 Å². The topological polar surface area (TPSA) is 35.2 Å². The molecular weight excluding hydrogens is 334 g/mol. The van der Waals surface area contributed by atoms with E-state index in [1.165, 1.54) is 0 Å². The van der Waals surface area contributed by atoms with Crippen LogP contribution in [0.5, 0.6) is 11.5 Å². The molecule has 0 bridgehead atoms. The molecule has 2 rings (SSSR count). The predicted octanol–water partition coefficient (Wildman–Crippen LogP) is 4.53. The zero-order valence-electron chi connectivity index (χ0n) is 9.19. The minimum atomic E-state index is 0.276. The van der Waals surface area contributed by atoms with Crippen molar-refractivity contribution in [3.63, 3.8) is 0 Å². The number of nitrogens with two attached hydrogens (primary N) is 1. The number of halogens is 2. The molecule has 0 amide bonds. The van der Waals surface area contributed by atoms with E-state index in [4.69, 9.17) is 34.3 Å². The fourth-order valence-corrected chi connectivity index (χ4v) is 2.12. The minimum Gasteiger partial charge on any atom is -0.455 e. The van der Waals surface area contributed by atoms with Crippen molar-refractivity contribution in [3.8, 4) is 11.5 Å². The second-order valence-corrected chi connectivity index (χ2v) is 5.30. The van der Waals surface area contributed by atoms with Crippen LogP contribution in [0.3, 0.4) is 0 Å². The van der Waals surface area contributed by atoms with Crippen molar-refractivity contribution in [1.82, 2.24) is 0 Å². The summed E-state index contributed by atoms with van der Waals surface area (Å²) in [7, 11) is 0. The molecule has 0 saturated carbocycles. The van der Waals surface area contributed by atoms with E-state index in [9.17, 15) is 0 Å². The smallest absolute Gasteiger partial charge is 0.146 e. The first-order chi connectivity index (χ1) is 8.58. The van der Waals surface area contributed by atoms with Crippen molar-refractivity contribution in [2.45, 2.75) is 0 Å². The van der Waals surface area contributed by atoms with Gasteiger partial charge in [0.05, 0.1) is 10.6 Å². The molecule has 0 radical (unpaired) electrons. The van der Waals surface area contributed by atoms with Crippen molar-refractivity contribution in [2.24, 2.45) is 5.73 Å². The van der Waals surface area contributed by atoms with Crippen LogP contribution in [0.25, 0.3) is 0 Å². The Morgan fingerprint density at radius 2 is 1.89 bits per heavy atom. The third kappa shape index (κ3) is 3.02. The molecule has 0 atom stereocenters. The average molecular weight is 343 g/mol. The van der Waals surface area contributed by atoms with E-state index >= 15 is 0 Å². The third-order valence-corrected chi connectivity index (χ3v) is 3.29. The van der Waals surface area contributed by atoms with Gasteiger partial charge in [-0.1, -0.05) is 51.9 Å². The van der Waals surface area contributed by atoms with Gasteiger partial charge in [0.15, 0.2) is 0 Å². The van der Waals surface area contributed by atoms with Crippen LogP contribution in [0.2, 0.25) is 5.02 Å². The van der Waals surface area contributed by atoms with Crippen LogP contribution in [-0.2, 0) is 0 Å². The molecule has 0 aliphatic rings. The van der Waals surface area contributed by atoms with E-state index in [0.717, 1.165) is 4.47 Å². The molecule has 5 heteroatoms. The highest BCUT2D eigenvalue weighted by atomic mass is 79.9. The largest absolute Gasteiger partial charge is 0.455 e. The van der Waals surface area contributed by atoms with Crippen LogP contribution in [0.4, 0.5) is 0 Å². The molecule has 0 aromatic heterocycles. The van der Waals surface area contributed by atoms with E-state index in [0.29, 0.717) is 22.1 Å². The van der Waals surface area contributed by atoms with Gasteiger partial charge in [-0.15, -0.1) is 0 Å². The number of benzene rings is 2. The molecule has 92 valence electrons. The van der Waals surface area contributed by atoms with Gasteiger partial charge in [0, 0.05) is 4.47 Å². The zero-order chi connectivity index (χ0) is 13.1. The van der Waals surface area contributed by atoms with Gasteiger partial charge >= 0.3 is 0 Å². The molecule has 0 heterocycles. The lowest BCUT2D eigenvalue weighted by atomic mass is 10.2. The van der Waals surface area contributed by atoms with Crippen LogP contribution >= 0.6 is 39.7 Å². The standard InChI is InChI=1S/C13H9BrClNOS/c14-8-5-6-11(9(7-8)13(16)18)17-12-4-2-1-3-10(12)15/h1-7H,(H2,16,18). The first kappa shape index (κ1) is 13.3. The molecule has 2 aromatic rings. The number of hydrogen-bond acceptors (Lipinski definition) is 2. The molecule has 2 aromatic carbocycles. The Kier molecular flexibility index (Phi) is 4.22. The molecule has 18 heavy (non-hydrogen) atoms. The number of ether oxygens (including phenoxy) is 1. The van der Waals surface area contributed by atoms with Gasteiger partial charge in [0.25, 0.3) is 0 Å². The van der Waals surface area contributed by atoms with Gasteiger partial charge in [-0.25, -0.2) is 0 Å². The number of hydrogen-bond donors (Lipinski definition) is 1. The summed E-state index contributed by atoms with van der Waals surface area (Å²) in [4.78, 5) is 0.276. The molecular formula is C13H9BrClNOS. The summed E-state index contributed by atoms with van der Waals surface area (Å²) in [6, 6.07) is 12.7. The van der Waals surface area contributed by atoms with Gasteiger partial charge in [0.1, 0.15) is 16.5 Å². The van der Waals surface area contributed by atoms with Gasteiger partial charge < -0.3 is 10.5 Å². The maximum atomic E-state index is 6.04. The average Bonchev–Trinajstić information content (AvgIpc) is 2.34. The van der Waals surface area contributed by atoms with Crippen molar-refractivity contribution >= 4 is 44.7 Å². The third-order valence-electron chi connectivity index (χ3n) is 2.26. The van der Waals surface area contributed by atoms with Crippen molar-refractivity contribution < 1.29 is 4.74 Å². The quantitative estimate of drug-likeness (QED) is 0.832. The van der Waals surface area contributed by atoms with Crippen LogP contribution in [-0.4, -0.2) is 4.99 Å². The van der Waals surface area contributed by atoms with E-state index in [-0.39, 0.29) is 4.99 Å². The Morgan fingerprint density at radius 1 is 1.17 bits per heavy atom. The zero-order valence-corrected chi connectivity index (χ0v) is 12.3. The molecule has 0 aliphatic heterocycles. The SMILES string of the molecule is NC(=S)c1cc(Br)ccc1Oc1ccccc1Cl. The Balaban J connectivity index is 2.41. The second-order valence-electron chi connectivity index (χ2n) is 3.54. The fraction of sp³-hybridized carbons (Fsp3) is 0. The van der Waals surface area contributed by atoms with Crippen molar-refractivity contribution in [2.75, 3.05) is 0 Å². The van der Waals surface area contributed by atoms with Crippen LogP contribution in [0.1, 0.15) is 5.56 Å². The lowest BCUT2D eigenvalue weighted by molar-refractivity contribution is 0.482. The maximum Gasteiger partial charge on any atom is 0.146 e. The second kappa shape index (κ2) is 5.69. The number of para-hydroxylation sites is 1. The lowest BCUT2D eigenvalue weighted by Gasteiger charge is -2.11. The number of thiocarbonyl (C=S) groups is 1. The Hall–Kier alpha value is -1.10. The predicted molar refractivity (Wildman–Crippen MR) is 81.6 cm³/mol. The van der Waals surface area contributed by atoms with E-state index < -0.39 is 0 Å². The summed E-state index contributed by atoms with van der Waals surface area (Å²) in [5.41, 5.74) is 6.34. The first-order valence-corrected chi connectivity index (χ1v) is 6.67. The summed E-state index contributed by atoms with van der Waals surface area (Å²) < 4.78 is 6.62. The van der Waals surface area contributed by atoms with Gasteiger partial charge in [-0.2, -0.15) is 0 Å². The summed E-state index contributed by atoms with van der Waals surface area (Å²) in [6.07, 6.45) is 0. The number of rotatable bonds is 3. The Morgan fingerprint density at radius 3 is 2.56 bits per heavy atom.